The Balaban J connectivity index is 1.76. The lowest BCUT2D eigenvalue weighted by Gasteiger charge is -2.23. The lowest BCUT2D eigenvalue weighted by atomic mass is 10.1. The smallest absolute Gasteiger partial charge is 0.309 e. The second-order valence-corrected chi connectivity index (χ2v) is 5.55. The Morgan fingerprint density at radius 2 is 2.22 bits per heavy atom. The van der Waals surface area contributed by atoms with Crippen LogP contribution in [-0.4, -0.2) is 62.1 Å². The van der Waals surface area contributed by atoms with Crippen molar-refractivity contribution in [3.05, 3.63) is 30.6 Å². The number of carbonyl (C=O) groups is 1. The summed E-state index contributed by atoms with van der Waals surface area (Å²) in [6.45, 7) is 2.83. The number of nitrogens with zero attached hydrogens (tertiary/aromatic N) is 5. The average Bonchev–Trinajstić information content (AvgIpc) is 2.92. The van der Waals surface area contributed by atoms with Gasteiger partial charge in [0, 0.05) is 44.6 Å². The molecule has 23 heavy (non-hydrogen) atoms. The molecule has 122 valence electrons. The monoisotopic (exact) mass is 317 g/mol. The van der Waals surface area contributed by atoms with Gasteiger partial charge in [0.2, 0.25) is 0 Å². The van der Waals surface area contributed by atoms with Crippen molar-refractivity contribution in [2.45, 2.75) is 6.54 Å². The highest BCUT2D eigenvalue weighted by Crippen LogP contribution is 2.18. The first-order valence-electron chi connectivity index (χ1n) is 7.37. The minimum Gasteiger partial charge on any atom is -0.481 e. The third-order valence-corrected chi connectivity index (χ3v) is 3.88. The standard InChI is InChI=1S/C14H19N7O2/c15-11-5-13(19-9-18-11)21-4-3-20(6-10(7-21)14(22)23)8-12-16-1-2-17-12/h1-2,5,9-10H,3-4,6-8H2,(H,16,17)(H,22,23)(H2,15,18,19). The second kappa shape index (κ2) is 6.61. The van der Waals surface area contributed by atoms with Crippen LogP contribution in [-0.2, 0) is 11.3 Å². The molecule has 0 amide bonds. The number of H-pyrrole nitrogens is 1. The molecule has 0 aliphatic carbocycles. The van der Waals surface area contributed by atoms with Crippen LogP contribution < -0.4 is 10.6 Å². The van der Waals surface area contributed by atoms with Gasteiger partial charge in [-0.3, -0.25) is 9.69 Å². The maximum atomic E-state index is 11.6. The highest BCUT2D eigenvalue weighted by Gasteiger charge is 2.28. The van der Waals surface area contributed by atoms with Crippen molar-refractivity contribution in [2.24, 2.45) is 5.92 Å². The van der Waals surface area contributed by atoms with Crippen LogP contribution in [0.2, 0.25) is 0 Å². The number of aromatic amines is 1. The summed E-state index contributed by atoms with van der Waals surface area (Å²) in [5.74, 6) is 0.531. The summed E-state index contributed by atoms with van der Waals surface area (Å²) >= 11 is 0. The van der Waals surface area contributed by atoms with Gasteiger partial charge in [0.1, 0.15) is 23.8 Å². The number of nitrogens with one attached hydrogen (secondary N) is 1. The number of carboxylic acid groups (broad SMARTS) is 1. The predicted octanol–water partition coefficient (Wildman–Crippen LogP) is -0.195. The van der Waals surface area contributed by atoms with E-state index in [1.165, 1.54) is 6.33 Å². The molecule has 3 heterocycles. The molecule has 0 bridgehead atoms. The zero-order chi connectivity index (χ0) is 16.2. The SMILES string of the molecule is Nc1cc(N2CCN(Cc3ncc[nH]3)CC(C(=O)O)C2)ncn1. The number of anilines is 2. The second-order valence-electron chi connectivity index (χ2n) is 5.55. The molecule has 1 aliphatic heterocycles. The van der Waals surface area contributed by atoms with Gasteiger partial charge in [0.05, 0.1) is 12.5 Å². The molecule has 2 aromatic rings. The third kappa shape index (κ3) is 3.75. The van der Waals surface area contributed by atoms with E-state index in [1.54, 1.807) is 18.5 Å². The van der Waals surface area contributed by atoms with E-state index in [1.807, 2.05) is 4.90 Å². The first-order chi connectivity index (χ1) is 11.1. The molecule has 4 N–H and O–H groups in total. The summed E-state index contributed by atoms with van der Waals surface area (Å²) in [5, 5.41) is 9.49. The first kappa shape index (κ1) is 15.2. The number of imidazole rings is 1. The zero-order valence-electron chi connectivity index (χ0n) is 12.6. The van der Waals surface area contributed by atoms with Crippen molar-refractivity contribution in [2.75, 3.05) is 36.8 Å². The maximum Gasteiger partial charge on any atom is 0.309 e. The van der Waals surface area contributed by atoms with E-state index >= 15 is 0 Å². The van der Waals surface area contributed by atoms with Crippen molar-refractivity contribution >= 4 is 17.6 Å². The van der Waals surface area contributed by atoms with Crippen LogP contribution in [0.15, 0.2) is 24.8 Å². The molecule has 0 saturated carbocycles. The number of aromatic nitrogens is 4. The van der Waals surface area contributed by atoms with Gasteiger partial charge in [-0.2, -0.15) is 0 Å². The Morgan fingerprint density at radius 3 is 2.91 bits per heavy atom. The Hall–Kier alpha value is -2.68. The minimum absolute atomic E-state index is 0.374. The number of carboxylic acids is 1. The van der Waals surface area contributed by atoms with E-state index in [0.717, 1.165) is 5.82 Å². The lowest BCUT2D eigenvalue weighted by molar-refractivity contribution is -0.141. The van der Waals surface area contributed by atoms with E-state index in [0.29, 0.717) is 44.4 Å². The zero-order valence-corrected chi connectivity index (χ0v) is 12.6. The van der Waals surface area contributed by atoms with E-state index < -0.39 is 11.9 Å². The lowest BCUT2D eigenvalue weighted by Crippen LogP contribution is -2.35. The summed E-state index contributed by atoms with van der Waals surface area (Å²) in [5.41, 5.74) is 5.70. The van der Waals surface area contributed by atoms with Crippen LogP contribution in [0.4, 0.5) is 11.6 Å². The number of aliphatic carboxylic acids is 1. The van der Waals surface area contributed by atoms with Gasteiger partial charge in [-0.25, -0.2) is 15.0 Å². The van der Waals surface area contributed by atoms with E-state index in [4.69, 9.17) is 5.73 Å². The first-order valence-corrected chi connectivity index (χ1v) is 7.37. The summed E-state index contributed by atoms with van der Waals surface area (Å²) in [6.07, 6.45) is 4.85. The molecule has 1 atom stereocenters. The van der Waals surface area contributed by atoms with Crippen LogP contribution in [0, 0.1) is 5.92 Å². The topological polar surface area (TPSA) is 124 Å². The number of nitrogen functional groups attached to an aromatic ring is 1. The van der Waals surface area contributed by atoms with Gasteiger partial charge in [-0.1, -0.05) is 0 Å². The van der Waals surface area contributed by atoms with Crippen LogP contribution in [0.1, 0.15) is 5.82 Å². The Bertz CT molecular complexity index is 661. The normalized spacial score (nSPS) is 19.5. The fraction of sp³-hybridized carbons (Fsp3) is 0.429. The van der Waals surface area contributed by atoms with Crippen molar-refractivity contribution in [1.29, 1.82) is 0 Å². The fourth-order valence-corrected chi connectivity index (χ4v) is 2.72. The average molecular weight is 317 g/mol. The van der Waals surface area contributed by atoms with Crippen molar-refractivity contribution in [3.63, 3.8) is 0 Å². The molecule has 1 fully saturated rings. The Morgan fingerprint density at radius 1 is 1.35 bits per heavy atom. The molecule has 1 aliphatic rings. The van der Waals surface area contributed by atoms with Crippen molar-refractivity contribution in [3.8, 4) is 0 Å². The number of rotatable bonds is 4. The third-order valence-electron chi connectivity index (χ3n) is 3.88. The number of hydrogen-bond donors (Lipinski definition) is 3. The summed E-state index contributed by atoms with van der Waals surface area (Å²) in [6, 6.07) is 1.67. The molecular weight excluding hydrogens is 298 g/mol. The van der Waals surface area contributed by atoms with Crippen molar-refractivity contribution in [1.82, 2.24) is 24.8 Å². The maximum absolute atomic E-state index is 11.6. The molecule has 2 aromatic heterocycles. The molecule has 0 spiro atoms. The van der Waals surface area contributed by atoms with Gasteiger partial charge >= 0.3 is 5.97 Å². The van der Waals surface area contributed by atoms with Crippen LogP contribution >= 0.6 is 0 Å². The van der Waals surface area contributed by atoms with Crippen molar-refractivity contribution < 1.29 is 9.90 Å². The molecule has 1 unspecified atom stereocenters. The minimum atomic E-state index is -0.816. The molecule has 3 rings (SSSR count). The van der Waals surface area contributed by atoms with E-state index in [9.17, 15) is 9.90 Å². The summed E-state index contributed by atoms with van der Waals surface area (Å²) < 4.78 is 0. The van der Waals surface area contributed by atoms with Crippen LogP contribution in [0.5, 0.6) is 0 Å². The van der Waals surface area contributed by atoms with Gasteiger partial charge < -0.3 is 20.7 Å². The largest absolute Gasteiger partial charge is 0.481 e. The van der Waals surface area contributed by atoms with Gasteiger partial charge in [0.25, 0.3) is 0 Å². The molecule has 9 heteroatoms. The molecule has 9 nitrogen and oxygen atoms in total. The van der Waals surface area contributed by atoms with E-state index in [2.05, 4.69) is 24.8 Å². The van der Waals surface area contributed by atoms with Crippen LogP contribution in [0.25, 0.3) is 0 Å². The Kier molecular flexibility index (Phi) is 4.38. The highest BCUT2D eigenvalue weighted by atomic mass is 16.4. The number of hydrogen-bond acceptors (Lipinski definition) is 7. The molecule has 0 aromatic carbocycles. The predicted molar refractivity (Wildman–Crippen MR) is 83.6 cm³/mol. The van der Waals surface area contributed by atoms with E-state index in [-0.39, 0.29) is 0 Å². The summed E-state index contributed by atoms with van der Waals surface area (Å²) in [4.78, 5) is 30.9. The van der Waals surface area contributed by atoms with Gasteiger partial charge in [-0.15, -0.1) is 0 Å². The quantitative estimate of drug-likeness (QED) is 0.708. The highest BCUT2D eigenvalue weighted by molar-refractivity contribution is 5.71. The molecule has 0 radical (unpaired) electrons. The summed E-state index contributed by atoms with van der Waals surface area (Å²) in [7, 11) is 0. The molecular formula is C14H19N7O2. The number of nitrogens with two attached hydrogens (primary N) is 1. The van der Waals surface area contributed by atoms with Gasteiger partial charge in [0.15, 0.2) is 0 Å². The van der Waals surface area contributed by atoms with Crippen LogP contribution in [0.3, 0.4) is 0 Å². The molecule has 1 saturated heterocycles. The fourth-order valence-electron chi connectivity index (χ4n) is 2.72. The Labute approximate surface area is 133 Å². The van der Waals surface area contributed by atoms with Gasteiger partial charge in [-0.05, 0) is 0 Å².